The maximum atomic E-state index is 12.1. The van der Waals surface area contributed by atoms with E-state index >= 15 is 0 Å². The number of hydrogen-bond donors (Lipinski definition) is 3. The molecule has 0 saturated heterocycles. The van der Waals surface area contributed by atoms with Gasteiger partial charge in [-0.2, -0.15) is 0 Å². The van der Waals surface area contributed by atoms with E-state index in [1.807, 2.05) is 12.1 Å². The van der Waals surface area contributed by atoms with E-state index in [0.717, 1.165) is 18.8 Å². The van der Waals surface area contributed by atoms with E-state index in [4.69, 9.17) is 4.74 Å². The van der Waals surface area contributed by atoms with Crippen LogP contribution >= 0.6 is 0 Å². The molecule has 0 fully saturated rings. The normalized spacial score (nSPS) is 10.6. The topological polar surface area (TPSA) is 107 Å². The zero-order valence-electron chi connectivity index (χ0n) is 15.7. The number of carbonyl (C=O) groups excluding carboxylic acids is 2. The third kappa shape index (κ3) is 4.40. The molecule has 0 unspecified atom stereocenters. The van der Waals surface area contributed by atoms with Crippen LogP contribution in [-0.2, 0) is 9.53 Å². The number of carbonyl (C=O) groups is 2. The van der Waals surface area contributed by atoms with Crippen molar-refractivity contribution in [3.05, 3.63) is 58.5 Å². The van der Waals surface area contributed by atoms with Gasteiger partial charge in [0.25, 0.3) is 5.91 Å². The third-order valence-electron chi connectivity index (χ3n) is 4.37. The lowest BCUT2D eigenvalue weighted by atomic mass is 10.2. The van der Waals surface area contributed by atoms with Gasteiger partial charge in [0.2, 0.25) is 0 Å². The van der Waals surface area contributed by atoms with E-state index in [1.165, 1.54) is 0 Å². The number of aromatic nitrogens is 2. The summed E-state index contributed by atoms with van der Waals surface area (Å²) in [5, 5.41) is 2.63. The van der Waals surface area contributed by atoms with E-state index in [1.54, 1.807) is 30.3 Å². The minimum Gasteiger partial charge on any atom is -0.452 e. The highest BCUT2D eigenvalue weighted by atomic mass is 16.5. The number of hydrogen-bond acceptors (Lipinski definition) is 5. The van der Waals surface area contributed by atoms with Gasteiger partial charge in [0, 0.05) is 24.5 Å². The molecule has 0 aliphatic carbocycles. The second-order valence-electron chi connectivity index (χ2n) is 6.18. The molecule has 1 aromatic heterocycles. The molecule has 0 radical (unpaired) electrons. The largest absolute Gasteiger partial charge is 0.452 e. The molecule has 2 aromatic carbocycles. The smallest absolute Gasteiger partial charge is 0.338 e. The minimum atomic E-state index is -0.563. The number of esters is 1. The third-order valence-corrected chi connectivity index (χ3v) is 4.37. The lowest BCUT2D eigenvalue weighted by Gasteiger charge is -2.20. The molecule has 0 atom stereocenters. The van der Waals surface area contributed by atoms with Crippen molar-refractivity contribution in [2.75, 3.05) is 29.9 Å². The summed E-state index contributed by atoms with van der Waals surface area (Å²) >= 11 is 0. The number of fused-ring (bicyclic) bond motifs is 1. The Balaban J connectivity index is 1.55. The first-order chi connectivity index (χ1) is 13.5. The summed E-state index contributed by atoms with van der Waals surface area (Å²) in [6.07, 6.45) is 0. The van der Waals surface area contributed by atoms with Crippen LogP contribution in [0.15, 0.2) is 47.3 Å². The average Bonchev–Trinajstić information content (AvgIpc) is 3.07. The number of aromatic amines is 2. The van der Waals surface area contributed by atoms with E-state index in [-0.39, 0.29) is 5.69 Å². The summed E-state index contributed by atoms with van der Waals surface area (Å²) in [6.45, 7) is 5.48. The van der Waals surface area contributed by atoms with Crippen LogP contribution in [0.4, 0.5) is 11.4 Å². The molecule has 1 amide bonds. The molecule has 3 aromatic rings. The SMILES string of the molecule is CCN(CC)c1ccc(C(=O)OCC(=O)Nc2ccc3[nH]c(=O)[nH]c3c2)cc1. The van der Waals surface area contributed by atoms with Crippen LogP contribution in [0.1, 0.15) is 24.2 Å². The molecule has 0 aliphatic heterocycles. The fraction of sp³-hybridized carbons (Fsp3) is 0.250. The molecule has 0 spiro atoms. The Morgan fingerprint density at radius 2 is 1.68 bits per heavy atom. The molecule has 1 heterocycles. The zero-order chi connectivity index (χ0) is 20.1. The predicted octanol–water partition coefficient (Wildman–Crippen LogP) is 2.50. The Morgan fingerprint density at radius 1 is 1.00 bits per heavy atom. The molecule has 8 nitrogen and oxygen atoms in total. The van der Waals surface area contributed by atoms with Crippen molar-refractivity contribution in [3.63, 3.8) is 0 Å². The number of rotatable bonds is 7. The number of imidazole rings is 1. The number of nitrogens with one attached hydrogen (secondary N) is 3. The van der Waals surface area contributed by atoms with Gasteiger partial charge in [0.1, 0.15) is 0 Å². The minimum absolute atomic E-state index is 0.320. The van der Waals surface area contributed by atoms with E-state index in [2.05, 4.69) is 34.0 Å². The molecule has 0 bridgehead atoms. The van der Waals surface area contributed by atoms with Gasteiger partial charge in [-0.05, 0) is 56.3 Å². The van der Waals surface area contributed by atoms with E-state index in [9.17, 15) is 14.4 Å². The van der Waals surface area contributed by atoms with Crippen LogP contribution in [0.25, 0.3) is 11.0 Å². The summed E-state index contributed by atoms with van der Waals surface area (Å²) in [4.78, 5) is 42.8. The number of benzene rings is 2. The molecule has 146 valence electrons. The fourth-order valence-electron chi connectivity index (χ4n) is 2.92. The average molecular weight is 382 g/mol. The monoisotopic (exact) mass is 382 g/mol. The maximum absolute atomic E-state index is 12.1. The van der Waals surface area contributed by atoms with Crippen LogP contribution in [0.2, 0.25) is 0 Å². The molecular formula is C20H22N4O4. The Morgan fingerprint density at radius 3 is 2.36 bits per heavy atom. The maximum Gasteiger partial charge on any atom is 0.338 e. The number of anilines is 2. The van der Waals surface area contributed by atoms with Crippen molar-refractivity contribution < 1.29 is 14.3 Å². The van der Waals surface area contributed by atoms with Gasteiger partial charge in [0.05, 0.1) is 16.6 Å². The van der Waals surface area contributed by atoms with Crippen LogP contribution in [0.3, 0.4) is 0 Å². The lowest BCUT2D eigenvalue weighted by molar-refractivity contribution is -0.119. The molecule has 0 aliphatic rings. The standard InChI is InChI=1S/C20H22N4O4/c1-3-24(4-2)15-8-5-13(6-9-15)19(26)28-12-18(25)21-14-7-10-16-17(11-14)23-20(27)22-16/h5-11H,3-4,12H2,1-2H3,(H,21,25)(H2,22,23,27). The van der Waals surface area contributed by atoms with E-state index in [0.29, 0.717) is 22.3 Å². The number of nitrogens with zero attached hydrogens (tertiary/aromatic N) is 1. The van der Waals surface area contributed by atoms with Crippen molar-refractivity contribution in [3.8, 4) is 0 Å². The van der Waals surface area contributed by atoms with Gasteiger partial charge in [0.15, 0.2) is 6.61 Å². The van der Waals surface area contributed by atoms with Gasteiger partial charge < -0.3 is 24.9 Å². The van der Waals surface area contributed by atoms with Crippen molar-refractivity contribution >= 4 is 34.3 Å². The van der Waals surface area contributed by atoms with Crippen LogP contribution in [0, 0.1) is 0 Å². The van der Waals surface area contributed by atoms with Gasteiger partial charge in [-0.1, -0.05) is 0 Å². The fourth-order valence-corrected chi connectivity index (χ4v) is 2.92. The van der Waals surface area contributed by atoms with Crippen LogP contribution in [0.5, 0.6) is 0 Å². The van der Waals surface area contributed by atoms with Crippen LogP contribution in [-0.4, -0.2) is 41.5 Å². The quantitative estimate of drug-likeness (QED) is 0.544. The summed E-state index contributed by atoms with van der Waals surface area (Å²) in [6, 6.07) is 12.0. The summed E-state index contributed by atoms with van der Waals surface area (Å²) < 4.78 is 5.08. The highest BCUT2D eigenvalue weighted by Gasteiger charge is 2.12. The number of amides is 1. The van der Waals surface area contributed by atoms with Crippen molar-refractivity contribution in [1.29, 1.82) is 0 Å². The predicted molar refractivity (Wildman–Crippen MR) is 108 cm³/mol. The molecular weight excluding hydrogens is 360 g/mol. The first-order valence-corrected chi connectivity index (χ1v) is 9.04. The number of ether oxygens (including phenoxy) is 1. The molecule has 28 heavy (non-hydrogen) atoms. The highest BCUT2D eigenvalue weighted by molar-refractivity contribution is 5.96. The van der Waals surface area contributed by atoms with Crippen molar-refractivity contribution in [2.24, 2.45) is 0 Å². The molecule has 3 rings (SSSR count). The molecule has 0 saturated carbocycles. The Hall–Kier alpha value is -3.55. The lowest BCUT2D eigenvalue weighted by Crippen LogP contribution is -2.22. The van der Waals surface area contributed by atoms with Crippen molar-refractivity contribution in [2.45, 2.75) is 13.8 Å². The van der Waals surface area contributed by atoms with Gasteiger partial charge >= 0.3 is 11.7 Å². The van der Waals surface area contributed by atoms with Gasteiger partial charge in [-0.25, -0.2) is 9.59 Å². The highest BCUT2D eigenvalue weighted by Crippen LogP contribution is 2.16. The summed E-state index contributed by atoms with van der Waals surface area (Å²) in [5.74, 6) is -1.03. The van der Waals surface area contributed by atoms with Gasteiger partial charge in [-0.15, -0.1) is 0 Å². The zero-order valence-corrected chi connectivity index (χ0v) is 15.7. The molecule has 3 N–H and O–H groups in total. The van der Waals surface area contributed by atoms with Crippen molar-refractivity contribution in [1.82, 2.24) is 9.97 Å². The summed E-state index contributed by atoms with van der Waals surface area (Å²) in [7, 11) is 0. The Labute approximate surface area is 161 Å². The van der Waals surface area contributed by atoms with E-state index < -0.39 is 18.5 Å². The van der Waals surface area contributed by atoms with Crippen LogP contribution < -0.4 is 15.9 Å². The first-order valence-electron chi connectivity index (χ1n) is 9.04. The Kier molecular flexibility index (Phi) is 5.78. The summed E-state index contributed by atoms with van der Waals surface area (Å²) in [5.41, 5.74) is 2.80. The molecule has 8 heteroatoms. The number of H-pyrrole nitrogens is 2. The van der Waals surface area contributed by atoms with Gasteiger partial charge in [-0.3, -0.25) is 4.79 Å². The second-order valence-corrected chi connectivity index (χ2v) is 6.18. The second kappa shape index (κ2) is 8.43. The Bertz CT molecular complexity index is 1030. The first kappa shape index (κ1) is 19.2.